The Balaban J connectivity index is 2.29. The third kappa shape index (κ3) is 2.76. The van der Waals surface area contributed by atoms with Gasteiger partial charge in [-0.2, -0.15) is 0 Å². The van der Waals surface area contributed by atoms with E-state index in [-0.39, 0.29) is 5.91 Å². The molecule has 1 amide bonds. The summed E-state index contributed by atoms with van der Waals surface area (Å²) in [6.45, 7) is 1.82. The number of H-pyrrole nitrogens is 1. The van der Waals surface area contributed by atoms with Crippen molar-refractivity contribution in [2.45, 2.75) is 19.4 Å². The first-order chi connectivity index (χ1) is 11.0. The molecule has 0 bridgehead atoms. The van der Waals surface area contributed by atoms with Crippen LogP contribution in [0.2, 0.25) is 0 Å². The van der Waals surface area contributed by atoms with Crippen molar-refractivity contribution in [1.29, 1.82) is 0 Å². The Hall–Kier alpha value is -2.51. The smallest absolute Gasteiger partial charge is 0.243 e. The molecular formula is C16H18N4O3. The summed E-state index contributed by atoms with van der Waals surface area (Å²) in [6.07, 6.45) is 1.44. The quantitative estimate of drug-likeness (QED) is 0.627. The van der Waals surface area contributed by atoms with Crippen molar-refractivity contribution in [3.05, 3.63) is 29.4 Å². The summed E-state index contributed by atoms with van der Waals surface area (Å²) >= 11 is 0. The lowest BCUT2D eigenvalue weighted by molar-refractivity contribution is -0.116. The number of nitrogen functional groups attached to an aromatic ring is 1. The van der Waals surface area contributed by atoms with Crippen molar-refractivity contribution in [3.8, 4) is 0 Å². The largest absolute Gasteiger partial charge is 0.397 e. The molecule has 1 atom stereocenters. The number of nitrogens with two attached hydrogens (primary N) is 1. The van der Waals surface area contributed by atoms with Gasteiger partial charge in [0, 0.05) is 49.7 Å². The van der Waals surface area contributed by atoms with E-state index in [1.165, 1.54) is 6.92 Å². The SMILES string of the molecule is COCCC(O)c1cc2cnc3c(N)cc(=NC(C)=O)c([nH]1)c23. The summed E-state index contributed by atoms with van der Waals surface area (Å²) in [4.78, 5) is 22.9. The highest BCUT2D eigenvalue weighted by Crippen LogP contribution is 2.29. The Bertz CT molecular complexity index is 932. The number of amides is 1. The molecule has 2 aromatic heterocycles. The van der Waals surface area contributed by atoms with Crippen molar-refractivity contribution in [2.24, 2.45) is 4.99 Å². The second kappa shape index (κ2) is 5.94. The van der Waals surface area contributed by atoms with Gasteiger partial charge in [0.2, 0.25) is 5.91 Å². The molecule has 23 heavy (non-hydrogen) atoms. The van der Waals surface area contributed by atoms with Crippen LogP contribution in [0, 0.1) is 0 Å². The number of methoxy groups -OCH3 is 1. The molecule has 0 saturated carbocycles. The standard InChI is InChI=1S/C16H18N4O3/c1-8(21)19-12-6-10(17)15-14-9(7-18-15)5-11(20-16(12)14)13(22)3-4-23-2/h5-7,13,20,22H,3-4,17H2,1-2H3. The molecule has 0 saturated heterocycles. The van der Waals surface area contributed by atoms with Gasteiger partial charge in [-0.3, -0.25) is 9.78 Å². The number of hydrogen-bond donors (Lipinski definition) is 3. The first-order valence-electron chi connectivity index (χ1n) is 7.27. The van der Waals surface area contributed by atoms with Gasteiger partial charge in [-0.25, -0.2) is 4.99 Å². The van der Waals surface area contributed by atoms with Gasteiger partial charge in [0.05, 0.1) is 28.2 Å². The van der Waals surface area contributed by atoms with E-state index >= 15 is 0 Å². The molecular weight excluding hydrogens is 296 g/mol. The molecule has 7 nitrogen and oxygen atoms in total. The fourth-order valence-electron chi connectivity index (χ4n) is 2.70. The average Bonchev–Trinajstić information content (AvgIpc) is 2.94. The zero-order valence-electron chi connectivity index (χ0n) is 13.0. The van der Waals surface area contributed by atoms with Gasteiger partial charge >= 0.3 is 0 Å². The van der Waals surface area contributed by atoms with Crippen LogP contribution in [0.3, 0.4) is 0 Å². The van der Waals surface area contributed by atoms with E-state index in [4.69, 9.17) is 10.5 Å². The van der Waals surface area contributed by atoms with Crippen molar-refractivity contribution >= 4 is 33.4 Å². The highest BCUT2D eigenvalue weighted by Gasteiger charge is 2.15. The Morgan fingerprint density at radius 3 is 3.00 bits per heavy atom. The second-order valence-corrected chi connectivity index (χ2v) is 5.45. The number of aliphatic hydroxyl groups excluding tert-OH is 1. The van der Waals surface area contributed by atoms with E-state index < -0.39 is 6.10 Å². The van der Waals surface area contributed by atoms with Gasteiger partial charge < -0.3 is 20.6 Å². The van der Waals surface area contributed by atoms with E-state index in [1.807, 2.05) is 6.07 Å². The van der Waals surface area contributed by atoms with E-state index in [9.17, 15) is 9.90 Å². The van der Waals surface area contributed by atoms with Crippen LogP contribution in [0.15, 0.2) is 23.3 Å². The van der Waals surface area contributed by atoms with E-state index in [2.05, 4.69) is 15.0 Å². The van der Waals surface area contributed by atoms with Crippen LogP contribution in [0.1, 0.15) is 25.1 Å². The molecule has 0 spiro atoms. The van der Waals surface area contributed by atoms with Gasteiger partial charge in [0.1, 0.15) is 0 Å². The lowest BCUT2D eigenvalue weighted by atomic mass is 10.1. The zero-order chi connectivity index (χ0) is 16.6. The number of carbonyl (C=O) groups excluding carboxylic acids is 1. The van der Waals surface area contributed by atoms with Crippen LogP contribution in [0.5, 0.6) is 0 Å². The van der Waals surface area contributed by atoms with Crippen LogP contribution in [-0.2, 0) is 9.53 Å². The molecule has 0 radical (unpaired) electrons. The van der Waals surface area contributed by atoms with Gasteiger partial charge in [-0.15, -0.1) is 0 Å². The highest BCUT2D eigenvalue weighted by atomic mass is 16.5. The molecule has 0 aliphatic heterocycles. The molecule has 7 heteroatoms. The summed E-state index contributed by atoms with van der Waals surface area (Å²) in [6, 6.07) is 3.45. The first kappa shape index (κ1) is 15.4. The predicted molar refractivity (Wildman–Crippen MR) is 86.9 cm³/mol. The average molecular weight is 314 g/mol. The molecule has 0 aliphatic carbocycles. The van der Waals surface area contributed by atoms with Crippen LogP contribution in [0.4, 0.5) is 5.69 Å². The van der Waals surface area contributed by atoms with Crippen LogP contribution >= 0.6 is 0 Å². The fraction of sp³-hybridized carbons (Fsp3) is 0.312. The number of ether oxygens (including phenoxy) is 1. The van der Waals surface area contributed by atoms with E-state index in [0.717, 1.165) is 10.8 Å². The normalized spacial score (nSPS) is 14.0. The highest BCUT2D eigenvalue weighted by molar-refractivity contribution is 6.11. The minimum absolute atomic E-state index is 0.320. The topological polar surface area (TPSA) is 114 Å². The van der Waals surface area contributed by atoms with Crippen molar-refractivity contribution < 1.29 is 14.6 Å². The number of benzene rings is 1. The number of nitrogens with zero attached hydrogens (tertiary/aromatic N) is 2. The Kier molecular flexibility index (Phi) is 3.97. The molecule has 4 N–H and O–H groups in total. The van der Waals surface area contributed by atoms with E-state index in [1.54, 1.807) is 19.4 Å². The lowest BCUT2D eigenvalue weighted by Crippen LogP contribution is -2.12. The molecule has 1 unspecified atom stereocenters. The number of pyridine rings is 1. The minimum atomic E-state index is -0.712. The Labute approximate surface area is 132 Å². The molecule has 120 valence electrons. The monoisotopic (exact) mass is 314 g/mol. The van der Waals surface area contributed by atoms with Gasteiger partial charge in [-0.1, -0.05) is 0 Å². The number of nitrogens with one attached hydrogen (secondary N) is 1. The van der Waals surface area contributed by atoms with Crippen molar-refractivity contribution in [3.63, 3.8) is 0 Å². The van der Waals surface area contributed by atoms with Crippen LogP contribution in [0.25, 0.3) is 21.8 Å². The number of anilines is 1. The summed E-state index contributed by atoms with van der Waals surface area (Å²) in [5.41, 5.74) is 8.39. The molecule has 3 aromatic rings. The molecule has 0 aliphatic rings. The van der Waals surface area contributed by atoms with Gasteiger partial charge in [-0.05, 0) is 12.1 Å². The number of aromatic nitrogens is 2. The van der Waals surface area contributed by atoms with Crippen LogP contribution in [-0.4, -0.2) is 34.7 Å². The van der Waals surface area contributed by atoms with Crippen LogP contribution < -0.4 is 11.1 Å². The minimum Gasteiger partial charge on any atom is -0.397 e. The number of hydrogen-bond acceptors (Lipinski definition) is 5. The fourth-order valence-corrected chi connectivity index (χ4v) is 2.70. The molecule has 3 rings (SSSR count). The first-order valence-corrected chi connectivity index (χ1v) is 7.27. The number of aromatic amines is 1. The summed E-state index contributed by atoms with van der Waals surface area (Å²) in [5, 5.41) is 12.4. The Morgan fingerprint density at radius 2 is 2.30 bits per heavy atom. The van der Waals surface area contributed by atoms with Gasteiger partial charge in [0.15, 0.2) is 0 Å². The number of carbonyl (C=O) groups is 1. The summed E-state index contributed by atoms with van der Waals surface area (Å²) < 4.78 is 5.00. The molecule has 2 heterocycles. The maximum atomic E-state index is 11.4. The van der Waals surface area contributed by atoms with E-state index in [0.29, 0.717) is 40.8 Å². The second-order valence-electron chi connectivity index (χ2n) is 5.45. The lowest BCUT2D eigenvalue weighted by Gasteiger charge is -2.12. The number of rotatable bonds is 4. The zero-order valence-corrected chi connectivity index (χ0v) is 13.0. The molecule has 1 aromatic carbocycles. The summed E-state index contributed by atoms with van der Waals surface area (Å²) in [7, 11) is 1.59. The maximum Gasteiger partial charge on any atom is 0.243 e. The third-order valence-corrected chi connectivity index (χ3v) is 3.74. The van der Waals surface area contributed by atoms with Gasteiger partial charge in [0.25, 0.3) is 0 Å². The predicted octanol–water partition coefficient (Wildman–Crippen LogP) is 1.25. The van der Waals surface area contributed by atoms with Crippen molar-refractivity contribution in [1.82, 2.24) is 9.97 Å². The molecule has 0 fully saturated rings. The summed E-state index contributed by atoms with van der Waals surface area (Å²) in [5.74, 6) is -0.320. The number of aliphatic hydroxyl groups is 1. The van der Waals surface area contributed by atoms with Crippen molar-refractivity contribution in [2.75, 3.05) is 19.5 Å². The maximum absolute atomic E-state index is 11.4. The Morgan fingerprint density at radius 1 is 1.52 bits per heavy atom. The third-order valence-electron chi connectivity index (χ3n) is 3.74.